The van der Waals surface area contributed by atoms with Gasteiger partial charge in [0.05, 0.1) is 12.9 Å². The van der Waals surface area contributed by atoms with Crippen LogP contribution in [0.4, 0.5) is 0 Å². The molecule has 0 aliphatic rings. The molecular weight excluding hydrogens is 184 g/mol. The molecule has 0 atom stereocenters. The SMILES string of the molecule is O=C(CCCn1ccnc1)OCCO. The highest BCUT2D eigenvalue weighted by Gasteiger charge is 2.01. The molecule has 78 valence electrons. The minimum Gasteiger partial charge on any atom is -0.463 e. The van der Waals surface area contributed by atoms with Crippen LogP contribution in [-0.4, -0.2) is 33.8 Å². The molecule has 0 unspecified atom stereocenters. The van der Waals surface area contributed by atoms with E-state index in [2.05, 4.69) is 4.98 Å². The van der Waals surface area contributed by atoms with Crippen LogP contribution >= 0.6 is 0 Å². The van der Waals surface area contributed by atoms with Gasteiger partial charge in [-0.3, -0.25) is 4.79 Å². The summed E-state index contributed by atoms with van der Waals surface area (Å²) in [5, 5.41) is 8.40. The van der Waals surface area contributed by atoms with Crippen LogP contribution in [0.2, 0.25) is 0 Å². The van der Waals surface area contributed by atoms with Gasteiger partial charge in [0, 0.05) is 25.4 Å². The highest BCUT2D eigenvalue weighted by Crippen LogP contribution is 1.97. The van der Waals surface area contributed by atoms with E-state index in [1.807, 2.05) is 10.8 Å². The molecule has 0 spiro atoms. The first-order valence-corrected chi connectivity index (χ1v) is 4.55. The molecule has 0 fully saturated rings. The smallest absolute Gasteiger partial charge is 0.305 e. The van der Waals surface area contributed by atoms with Gasteiger partial charge in [0.1, 0.15) is 6.61 Å². The van der Waals surface area contributed by atoms with E-state index in [9.17, 15) is 4.79 Å². The average molecular weight is 198 g/mol. The zero-order chi connectivity index (χ0) is 10.2. The summed E-state index contributed by atoms with van der Waals surface area (Å²) in [6.07, 6.45) is 6.35. The largest absolute Gasteiger partial charge is 0.463 e. The summed E-state index contributed by atoms with van der Waals surface area (Å²) >= 11 is 0. The maximum atomic E-state index is 11.0. The Kier molecular flexibility index (Phi) is 4.71. The topological polar surface area (TPSA) is 64.4 Å². The van der Waals surface area contributed by atoms with E-state index in [1.54, 1.807) is 12.5 Å². The van der Waals surface area contributed by atoms with Crippen molar-refractivity contribution in [3.05, 3.63) is 18.7 Å². The Bertz CT molecular complexity index is 259. The predicted octanol–water partition coefficient (Wildman–Crippen LogP) is 0.199. The molecule has 14 heavy (non-hydrogen) atoms. The lowest BCUT2D eigenvalue weighted by atomic mass is 10.3. The Hall–Kier alpha value is -1.36. The van der Waals surface area contributed by atoms with Crippen molar-refractivity contribution in [1.82, 2.24) is 9.55 Å². The minimum absolute atomic E-state index is 0.0872. The minimum atomic E-state index is -0.265. The number of aryl methyl sites for hydroxylation is 1. The van der Waals surface area contributed by atoms with Gasteiger partial charge in [-0.25, -0.2) is 4.98 Å². The monoisotopic (exact) mass is 198 g/mol. The summed E-state index contributed by atoms with van der Waals surface area (Å²) in [4.78, 5) is 14.9. The molecule has 0 aliphatic heterocycles. The molecule has 0 aliphatic carbocycles. The molecule has 1 aromatic heterocycles. The standard InChI is InChI=1S/C9H14N2O3/c12-6-7-14-9(13)2-1-4-11-5-3-10-8-11/h3,5,8,12H,1-2,4,6-7H2. The van der Waals surface area contributed by atoms with Crippen molar-refractivity contribution in [2.45, 2.75) is 19.4 Å². The second kappa shape index (κ2) is 6.15. The van der Waals surface area contributed by atoms with Crippen LogP contribution in [0.1, 0.15) is 12.8 Å². The van der Waals surface area contributed by atoms with Gasteiger partial charge in [0.15, 0.2) is 0 Å². The number of imidazole rings is 1. The molecule has 0 bridgehead atoms. The third kappa shape index (κ3) is 4.04. The lowest BCUT2D eigenvalue weighted by molar-refractivity contribution is -0.144. The van der Waals surface area contributed by atoms with E-state index in [1.165, 1.54) is 0 Å². The van der Waals surface area contributed by atoms with Crippen molar-refractivity contribution < 1.29 is 14.6 Å². The van der Waals surface area contributed by atoms with Crippen LogP contribution in [0.15, 0.2) is 18.7 Å². The number of carbonyl (C=O) groups is 1. The van der Waals surface area contributed by atoms with Crippen LogP contribution in [0, 0.1) is 0 Å². The Morgan fingerprint density at radius 1 is 1.57 bits per heavy atom. The van der Waals surface area contributed by atoms with Gasteiger partial charge >= 0.3 is 5.97 Å². The van der Waals surface area contributed by atoms with E-state index in [4.69, 9.17) is 9.84 Å². The number of ether oxygens (including phenoxy) is 1. The lowest BCUT2D eigenvalue weighted by Crippen LogP contribution is -2.09. The van der Waals surface area contributed by atoms with Crippen LogP contribution in [-0.2, 0) is 16.1 Å². The maximum absolute atomic E-state index is 11.0. The molecule has 1 aromatic rings. The number of aliphatic hydroxyl groups is 1. The molecule has 5 heteroatoms. The number of aromatic nitrogens is 2. The van der Waals surface area contributed by atoms with Crippen molar-refractivity contribution in [2.24, 2.45) is 0 Å². The summed E-state index contributed by atoms with van der Waals surface area (Å²) in [5.74, 6) is -0.265. The van der Waals surface area contributed by atoms with E-state index in [0.717, 1.165) is 13.0 Å². The number of aliphatic hydroxyl groups excluding tert-OH is 1. The van der Waals surface area contributed by atoms with E-state index >= 15 is 0 Å². The van der Waals surface area contributed by atoms with Crippen molar-refractivity contribution in [1.29, 1.82) is 0 Å². The number of esters is 1. The van der Waals surface area contributed by atoms with Crippen molar-refractivity contribution in [3.63, 3.8) is 0 Å². The molecule has 1 heterocycles. The van der Waals surface area contributed by atoms with Crippen molar-refractivity contribution in [3.8, 4) is 0 Å². The molecule has 0 saturated heterocycles. The van der Waals surface area contributed by atoms with Crippen LogP contribution < -0.4 is 0 Å². The molecule has 0 amide bonds. The first-order valence-electron chi connectivity index (χ1n) is 4.55. The summed E-state index contributed by atoms with van der Waals surface area (Å²) < 4.78 is 6.60. The highest BCUT2D eigenvalue weighted by atomic mass is 16.5. The summed E-state index contributed by atoms with van der Waals surface area (Å²) in [6.45, 7) is 0.728. The number of nitrogens with zero attached hydrogens (tertiary/aromatic N) is 2. The molecule has 5 nitrogen and oxygen atoms in total. The summed E-state index contributed by atoms with van der Waals surface area (Å²) in [5.41, 5.74) is 0. The maximum Gasteiger partial charge on any atom is 0.305 e. The fraction of sp³-hybridized carbons (Fsp3) is 0.556. The van der Waals surface area contributed by atoms with Crippen LogP contribution in [0.5, 0.6) is 0 Å². The normalized spacial score (nSPS) is 10.1. The average Bonchev–Trinajstić information content (AvgIpc) is 2.67. The lowest BCUT2D eigenvalue weighted by Gasteiger charge is -2.03. The quantitative estimate of drug-likeness (QED) is 0.663. The molecule has 1 N–H and O–H groups in total. The van der Waals surface area contributed by atoms with Gasteiger partial charge in [-0.05, 0) is 6.42 Å². The molecular formula is C9H14N2O3. The Labute approximate surface area is 82.3 Å². The second-order valence-corrected chi connectivity index (χ2v) is 2.85. The number of rotatable bonds is 6. The Balaban J connectivity index is 2.06. The number of hydrogen-bond acceptors (Lipinski definition) is 4. The Morgan fingerprint density at radius 3 is 3.07 bits per heavy atom. The third-order valence-electron chi connectivity index (χ3n) is 1.71. The van der Waals surface area contributed by atoms with Gasteiger partial charge in [0.2, 0.25) is 0 Å². The molecule has 0 radical (unpaired) electrons. The van der Waals surface area contributed by atoms with Crippen LogP contribution in [0.3, 0.4) is 0 Å². The van der Waals surface area contributed by atoms with Gasteiger partial charge in [-0.2, -0.15) is 0 Å². The third-order valence-corrected chi connectivity index (χ3v) is 1.71. The highest BCUT2D eigenvalue weighted by molar-refractivity contribution is 5.69. The van der Waals surface area contributed by atoms with Gasteiger partial charge < -0.3 is 14.4 Å². The van der Waals surface area contributed by atoms with Crippen molar-refractivity contribution in [2.75, 3.05) is 13.2 Å². The van der Waals surface area contributed by atoms with Crippen LogP contribution in [0.25, 0.3) is 0 Å². The van der Waals surface area contributed by atoms with E-state index in [-0.39, 0.29) is 19.2 Å². The van der Waals surface area contributed by atoms with Gasteiger partial charge in [-0.15, -0.1) is 0 Å². The summed E-state index contributed by atoms with van der Waals surface area (Å²) in [7, 11) is 0. The zero-order valence-electron chi connectivity index (χ0n) is 7.93. The predicted molar refractivity (Wildman–Crippen MR) is 49.5 cm³/mol. The fourth-order valence-electron chi connectivity index (χ4n) is 1.06. The van der Waals surface area contributed by atoms with Crippen molar-refractivity contribution >= 4 is 5.97 Å². The van der Waals surface area contributed by atoms with E-state index < -0.39 is 0 Å². The number of hydrogen-bond donors (Lipinski definition) is 1. The molecule has 1 rings (SSSR count). The van der Waals surface area contributed by atoms with Gasteiger partial charge in [-0.1, -0.05) is 0 Å². The van der Waals surface area contributed by atoms with E-state index in [0.29, 0.717) is 6.42 Å². The van der Waals surface area contributed by atoms with Gasteiger partial charge in [0.25, 0.3) is 0 Å². The fourth-order valence-corrected chi connectivity index (χ4v) is 1.06. The summed E-state index contributed by atoms with van der Waals surface area (Å²) in [6, 6.07) is 0. The first-order chi connectivity index (χ1) is 6.83. The molecule has 0 aromatic carbocycles. The zero-order valence-corrected chi connectivity index (χ0v) is 7.93. The number of carbonyl (C=O) groups excluding carboxylic acids is 1. The Morgan fingerprint density at radius 2 is 2.43 bits per heavy atom. The molecule has 0 saturated carbocycles. The second-order valence-electron chi connectivity index (χ2n) is 2.85. The first kappa shape index (κ1) is 10.7.